The lowest BCUT2D eigenvalue weighted by Gasteiger charge is -2.12. The molecule has 106 valence electrons. The zero-order chi connectivity index (χ0) is 14.9. The Bertz CT molecular complexity index is 612. The number of benzene rings is 2. The molecular formula is C12H4Br6S2. The van der Waals surface area contributed by atoms with E-state index in [0.29, 0.717) is 0 Å². The minimum absolute atomic E-state index is 0.981. The monoisotopic (exact) mass is 685 g/mol. The molecule has 0 aliphatic carbocycles. The van der Waals surface area contributed by atoms with Gasteiger partial charge in [-0.05, 0) is 104 Å². The van der Waals surface area contributed by atoms with Gasteiger partial charge in [-0.1, -0.05) is 37.5 Å². The fraction of sp³-hybridized carbons (Fsp3) is 0. The molecule has 0 fully saturated rings. The van der Waals surface area contributed by atoms with Crippen LogP contribution in [0.4, 0.5) is 0 Å². The van der Waals surface area contributed by atoms with Crippen molar-refractivity contribution in [3.63, 3.8) is 0 Å². The maximum atomic E-state index is 3.63. The van der Waals surface area contributed by atoms with Crippen molar-refractivity contribution in [3.05, 3.63) is 51.1 Å². The summed E-state index contributed by atoms with van der Waals surface area (Å²) < 4.78 is 6.10. The van der Waals surface area contributed by atoms with Crippen LogP contribution in [-0.2, 0) is 0 Å². The highest BCUT2D eigenvalue weighted by Gasteiger charge is 2.18. The van der Waals surface area contributed by atoms with Gasteiger partial charge in [0.15, 0.2) is 0 Å². The van der Waals surface area contributed by atoms with Crippen LogP contribution in [-0.4, -0.2) is 0 Å². The third-order valence-corrected chi connectivity index (χ3v) is 11.8. The van der Waals surface area contributed by atoms with Crippen molar-refractivity contribution in [2.45, 2.75) is 9.79 Å². The van der Waals surface area contributed by atoms with Crippen molar-refractivity contribution in [2.24, 2.45) is 0 Å². The van der Waals surface area contributed by atoms with E-state index in [9.17, 15) is 0 Å². The molecule has 2 aromatic carbocycles. The van der Waals surface area contributed by atoms with E-state index >= 15 is 0 Å². The van der Waals surface area contributed by atoms with Crippen molar-refractivity contribution in [1.29, 1.82) is 0 Å². The van der Waals surface area contributed by atoms with Gasteiger partial charge in [0.1, 0.15) is 0 Å². The van der Waals surface area contributed by atoms with Crippen LogP contribution in [0.25, 0.3) is 0 Å². The fourth-order valence-electron chi connectivity index (χ4n) is 1.24. The highest BCUT2D eigenvalue weighted by Crippen LogP contribution is 2.52. The van der Waals surface area contributed by atoms with Crippen molar-refractivity contribution < 1.29 is 0 Å². The summed E-state index contributed by atoms with van der Waals surface area (Å²) in [4.78, 5) is 2.33. The van der Waals surface area contributed by atoms with Gasteiger partial charge in [0, 0.05) is 36.6 Å². The van der Waals surface area contributed by atoms with Crippen LogP contribution in [0.5, 0.6) is 0 Å². The van der Waals surface area contributed by atoms with E-state index in [0.717, 1.165) is 31.7 Å². The highest BCUT2D eigenvalue weighted by molar-refractivity contribution is 9.15. The van der Waals surface area contributed by atoms with E-state index in [2.05, 4.69) is 108 Å². The average Bonchev–Trinajstić information content (AvgIpc) is 2.45. The van der Waals surface area contributed by atoms with Crippen LogP contribution in [0.1, 0.15) is 0 Å². The molecule has 0 aliphatic rings. The molecular weight excluding hydrogens is 688 g/mol. The number of rotatable bonds is 3. The number of halogens is 6. The summed E-state index contributed by atoms with van der Waals surface area (Å²) in [5, 5.41) is 0. The molecule has 0 saturated heterocycles. The lowest BCUT2D eigenvalue weighted by molar-refractivity contribution is 1.29. The lowest BCUT2D eigenvalue weighted by atomic mass is 10.4. The molecule has 0 radical (unpaired) electrons. The molecule has 0 spiro atoms. The quantitative estimate of drug-likeness (QED) is 0.179. The molecule has 0 aliphatic heterocycles. The van der Waals surface area contributed by atoms with Gasteiger partial charge in [-0.15, -0.1) is 0 Å². The molecule has 20 heavy (non-hydrogen) atoms. The van der Waals surface area contributed by atoms with Crippen molar-refractivity contribution in [1.82, 2.24) is 0 Å². The Morgan fingerprint density at radius 1 is 0.550 bits per heavy atom. The molecule has 0 saturated carbocycles. The van der Waals surface area contributed by atoms with Crippen molar-refractivity contribution >= 4 is 117 Å². The number of hydrogen-bond donors (Lipinski definition) is 0. The first-order valence-corrected chi connectivity index (χ1v) is 11.9. The second-order valence-corrected chi connectivity index (χ2v) is 10.6. The lowest BCUT2D eigenvalue weighted by Crippen LogP contribution is -1.84. The van der Waals surface area contributed by atoms with Gasteiger partial charge in [0.25, 0.3) is 0 Å². The summed E-state index contributed by atoms with van der Waals surface area (Å²) in [5.41, 5.74) is 0. The smallest absolute Gasteiger partial charge is 0.0494 e. The molecule has 0 bridgehead atoms. The van der Waals surface area contributed by atoms with E-state index < -0.39 is 0 Å². The van der Waals surface area contributed by atoms with Crippen molar-refractivity contribution in [3.8, 4) is 0 Å². The van der Waals surface area contributed by atoms with Crippen LogP contribution in [0.3, 0.4) is 0 Å². The summed E-state index contributed by atoms with van der Waals surface area (Å²) in [6.45, 7) is 0. The van der Waals surface area contributed by atoms with E-state index in [1.54, 1.807) is 21.6 Å². The first kappa shape index (κ1) is 18.4. The zero-order valence-corrected chi connectivity index (χ0v) is 20.5. The minimum Gasteiger partial charge on any atom is -0.0525 e. The Balaban J connectivity index is 2.28. The summed E-state index contributed by atoms with van der Waals surface area (Å²) >= 11 is 21.4. The number of hydrogen-bond acceptors (Lipinski definition) is 2. The van der Waals surface area contributed by atoms with E-state index in [1.165, 1.54) is 4.90 Å². The minimum atomic E-state index is 0.981. The van der Waals surface area contributed by atoms with Gasteiger partial charge in [-0.3, -0.25) is 0 Å². The summed E-state index contributed by atoms with van der Waals surface area (Å²) in [7, 11) is 3.41. The second kappa shape index (κ2) is 8.22. The first-order chi connectivity index (χ1) is 9.41. The maximum Gasteiger partial charge on any atom is 0.0494 e. The SMILES string of the molecule is Brc1ccc(SSc2c(Br)c(Br)c(Br)c(Br)c2Br)cc1. The molecule has 0 amide bonds. The van der Waals surface area contributed by atoms with Crippen LogP contribution in [0, 0.1) is 0 Å². The third kappa shape index (κ3) is 4.30. The normalized spacial score (nSPS) is 10.9. The van der Waals surface area contributed by atoms with Gasteiger partial charge in [0.05, 0.1) is 0 Å². The summed E-state index contributed by atoms with van der Waals surface area (Å²) in [5.74, 6) is 0. The van der Waals surface area contributed by atoms with Gasteiger partial charge in [0.2, 0.25) is 0 Å². The molecule has 0 aromatic heterocycles. The summed E-state index contributed by atoms with van der Waals surface area (Å²) in [6, 6.07) is 8.26. The molecule has 2 aromatic rings. The van der Waals surface area contributed by atoms with Crippen molar-refractivity contribution in [2.75, 3.05) is 0 Å². The zero-order valence-electron chi connectivity index (χ0n) is 9.39. The van der Waals surface area contributed by atoms with Gasteiger partial charge in [-0.25, -0.2) is 0 Å². The third-order valence-electron chi connectivity index (χ3n) is 2.20. The Kier molecular flexibility index (Phi) is 7.54. The molecule has 0 nitrogen and oxygen atoms in total. The van der Waals surface area contributed by atoms with E-state index in [4.69, 9.17) is 0 Å². The van der Waals surface area contributed by atoms with Crippen LogP contribution in [0.15, 0.2) is 60.9 Å². The Morgan fingerprint density at radius 2 is 1.00 bits per heavy atom. The highest BCUT2D eigenvalue weighted by atomic mass is 79.9. The van der Waals surface area contributed by atoms with Gasteiger partial charge in [-0.2, -0.15) is 0 Å². The predicted octanol–water partition coefficient (Wildman–Crippen LogP) is 9.06. The second-order valence-electron chi connectivity index (χ2n) is 3.52. The van der Waals surface area contributed by atoms with E-state index in [-0.39, 0.29) is 0 Å². The summed E-state index contributed by atoms with van der Waals surface area (Å²) in [6.07, 6.45) is 0. The molecule has 2 rings (SSSR count). The Hall–Kier alpha value is 2.02. The standard InChI is InChI=1S/C12H4Br6S2/c13-5-1-3-6(4-2-5)19-20-12-10(17)8(15)7(14)9(16)11(12)18/h1-4H. The maximum absolute atomic E-state index is 3.63. The van der Waals surface area contributed by atoms with E-state index in [1.807, 2.05) is 12.1 Å². The molecule has 0 N–H and O–H groups in total. The van der Waals surface area contributed by atoms with Crippen LogP contribution in [0.2, 0.25) is 0 Å². The first-order valence-electron chi connectivity index (χ1n) is 5.03. The Labute approximate surface area is 175 Å². The molecule has 0 atom stereocenters. The predicted molar refractivity (Wildman–Crippen MR) is 111 cm³/mol. The molecule has 0 heterocycles. The topological polar surface area (TPSA) is 0 Å². The molecule has 0 unspecified atom stereocenters. The fourth-order valence-corrected chi connectivity index (χ4v) is 8.09. The molecule has 8 heteroatoms. The largest absolute Gasteiger partial charge is 0.0525 e. The van der Waals surface area contributed by atoms with Crippen LogP contribution >= 0.6 is 117 Å². The Morgan fingerprint density at radius 3 is 1.50 bits per heavy atom. The van der Waals surface area contributed by atoms with Gasteiger partial charge < -0.3 is 0 Å². The van der Waals surface area contributed by atoms with Crippen LogP contribution < -0.4 is 0 Å². The average molecular weight is 692 g/mol. The van der Waals surface area contributed by atoms with Gasteiger partial charge >= 0.3 is 0 Å².